The third-order valence-corrected chi connectivity index (χ3v) is 3.30. The van der Waals surface area contributed by atoms with E-state index in [-0.39, 0.29) is 5.54 Å². The van der Waals surface area contributed by atoms with Gasteiger partial charge in [-0.2, -0.15) is 0 Å². The van der Waals surface area contributed by atoms with Gasteiger partial charge < -0.3 is 9.88 Å². The zero-order valence-corrected chi connectivity index (χ0v) is 13.0. The number of aromatic nitrogens is 2. The molecule has 0 amide bonds. The van der Waals surface area contributed by atoms with Gasteiger partial charge in [-0.05, 0) is 38.5 Å². The van der Waals surface area contributed by atoms with Gasteiger partial charge in [0.15, 0.2) is 0 Å². The summed E-state index contributed by atoms with van der Waals surface area (Å²) >= 11 is 0. The molecule has 0 aliphatic heterocycles. The van der Waals surface area contributed by atoms with Crippen molar-refractivity contribution in [3.8, 4) is 0 Å². The van der Waals surface area contributed by atoms with Crippen LogP contribution in [0.4, 0.5) is 0 Å². The standard InChI is InChI=1S/C17H25N3/c1-6-16-19-14-9-7-8-10-15(14)20(16)12-13(2)11-18-17(3,4)5/h7-10,18H,2,6,11-12H2,1,3-5H3. The number of nitrogens with zero attached hydrogens (tertiary/aromatic N) is 2. The van der Waals surface area contributed by atoms with Gasteiger partial charge in [-0.15, -0.1) is 0 Å². The van der Waals surface area contributed by atoms with Crippen molar-refractivity contribution in [2.45, 2.75) is 46.2 Å². The van der Waals surface area contributed by atoms with Crippen molar-refractivity contribution in [1.82, 2.24) is 14.9 Å². The third-order valence-electron chi connectivity index (χ3n) is 3.30. The maximum absolute atomic E-state index is 4.69. The number of fused-ring (bicyclic) bond motifs is 1. The Morgan fingerprint density at radius 3 is 2.65 bits per heavy atom. The molecule has 0 fully saturated rings. The maximum atomic E-state index is 4.69. The number of imidazole rings is 1. The number of rotatable bonds is 5. The number of nitrogens with one attached hydrogen (secondary N) is 1. The first-order chi connectivity index (χ1) is 9.40. The first kappa shape index (κ1) is 14.8. The largest absolute Gasteiger partial charge is 0.324 e. The molecular weight excluding hydrogens is 246 g/mol. The van der Waals surface area contributed by atoms with Crippen LogP contribution in [-0.4, -0.2) is 21.6 Å². The van der Waals surface area contributed by atoms with Crippen molar-refractivity contribution < 1.29 is 0 Å². The first-order valence-corrected chi connectivity index (χ1v) is 7.26. The zero-order chi connectivity index (χ0) is 14.8. The lowest BCUT2D eigenvalue weighted by Gasteiger charge is -2.22. The van der Waals surface area contributed by atoms with Crippen LogP contribution in [0.5, 0.6) is 0 Å². The van der Waals surface area contributed by atoms with Crippen molar-refractivity contribution in [2.24, 2.45) is 0 Å². The summed E-state index contributed by atoms with van der Waals surface area (Å²) in [4.78, 5) is 4.69. The second-order valence-corrected chi connectivity index (χ2v) is 6.31. The Hall–Kier alpha value is -1.61. The van der Waals surface area contributed by atoms with Gasteiger partial charge in [0.05, 0.1) is 11.0 Å². The molecule has 2 aromatic rings. The predicted octanol–water partition coefficient (Wildman–Crippen LogP) is 3.54. The highest BCUT2D eigenvalue weighted by atomic mass is 15.1. The van der Waals surface area contributed by atoms with E-state index in [1.807, 2.05) is 6.07 Å². The van der Waals surface area contributed by atoms with Gasteiger partial charge >= 0.3 is 0 Å². The summed E-state index contributed by atoms with van der Waals surface area (Å²) in [5.74, 6) is 1.13. The molecule has 2 rings (SSSR count). The Balaban J connectivity index is 2.18. The molecule has 0 aliphatic rings. The number of benzene rings is 1. The highest BCUT2D eigenvalue weighted by Crippen LogP contribution is 2.17. The monoisotopic (exact) mass is 271 g/mol. The molecule has 0 aliphatic carbocycles. The van der Waals surface area contributed by atoms with Gasteiger partial charge in [-0.1, -0.05) is 25.6 Å². The van der Waals surface area contributed by atoms with Crippen LogP contribution in [0.2, 0.25) is 0 Å². The Labute approximate surface area is 121 Å². The van der Waals surface area contributed by atoms with Crippen molar-refractivity contribution in [3.05, 3.63) is 42.2 Å². The minimum atomic E-state index is 0.119. The van der Waals surface area contributed by atoms with E-state index in [0.717, 1.165) is 30.9 Å². The van der Waals surface area contributed by atoms with Crippen LogP contribution >= 0.6 is 0 Å². The van der Waals surface area contributed by atoms with Gasteiger partial charge in [-0.3, -0.25) is 0 Å². The molecule has 1 aromatic heterocycles. The molecular formula is C17H25N3. The maximum Gasteiger partial charge on any atom is 0.109 e. The zero-order valence-electron chi connectivity index (χ0n) is 13.0. The van der Waals surface area contributed by atoms with E-state index in [0.29, 0.717) is 0 Å². The van der Waals surface area contributed by atoms with E-state index in [4.69, 9.17) is 4.98 Å². The Morgan fingerprint density at radius 2 is 2.00 bits per heavy atom. The fourth-order valence-corrected chi connectivity index (χ4v) is 2.24. The van der Waals surface area contributed by atoms with Gasteiger partial charge in [0.2, 0.25) is 0 Å². The summed E-state index contributed by atoms with van der Waals surface area (Å²) in [6, 6.07) is 8.30. The molecule has 0 atom stereocenters. The van der Waals surface area contributed by atoms with E-state index in [2.05, 4.69) is 62.4 Å². The topological polar surface area (TPSA) is 29.9 Å². The summed E-state index contributed by atoms with van der Waals surface area (Å²) in [5, 5.41) is 3.49. The molecule has 0 radical (unpaired) electrons. The molecule has 0 spiro atoms. The van der Waals surface area contributed by atoms with Gasteiger partial charge in [0, 0.05) is 25.0 Å². The van der Waals surface area contributed by atoms with Crippen LogP contribution < -0.4 is 5.32 Å². The summed E-state index contributed by atoms with van der Waals surface area (Å²) < 4.78 is 2.28. The van der Waals surface area contributed by atoms with Crippen molar-refractivity contribution in [2.75, 3.05) is 6.54 Å². The molecule has 0 saturated carbocycles. The third kappa shape index (κ3) is 3.48. The SMILES string of the molecule is C=C(CNC(C)(C)C)Cn1c(CC)nc2ccccc21. The number of para-hydroxylation sites is 2. The highest BCUT2D eigenvalue weighted by Gasteiger charge is 2.12. The van der Waals surface area contributed by atoms with Crippen molar-refractivity contribution in [3.63, 3.8) is 0 Å². The Morgan fingerprint density at radius 1 is 1.30 bits per heavy atom. The highest BCUT2D eigenvalue weighted by molar-refractivity contribution is 5.76. The first-order valence-electron chi connectivity index (χ1n) is 7.26. The Kier molecular flexibility index (Phi) is 4.29. The summed E-state index contributed by atoms with van der Waals surface area (Å²) in [6.45, 7) is 14.5. The van der Waals surface area contributed by atoms with E-state index < -0.39 is 0 Å². The molecule has 1 N–H and O–H groups in total. The number of aryl methyl sites for hydroxylation is 1. The smallest absolute Gasteiger partial charge is 0.109 e. The minimum absolute atomic E-state index is 0.119. The fraction of sp³-hybridized carbons (Fsp3) is 0.471. The normalized spacial score (nSPS) is 12.0. The average Bonchev–Trinajstić information content (AvgIpc) is 2.74. The molecule has 20 heavy (non-hydrogen) atoms. The van der Waals surface area contributed by atoms with Crippen LogP contribution in [0.25, 0.3) is 11.0 Å². The predicted molar refractivity (Wildman–Crippen MR) is 86.0 cm³/mol. The van der Waals surface area contributed by atoms with Gasteiger partial charge in [0.1, 0.15) is 5.82 Å². The molecule has 1 heterocycles. The van der Waals surface area contributed by atoms with Crippen molar-refractivity contribution in [1.29, 1.82) is 0 Å². The Bertz CT molecular complexity index is 602. The lowest BCUT2D eigenvalue weighted by atomic mass is 10.1. The van der Waals surface area contributed by atoms with Crippen LogP contribution in [0.1, 0.15) is 33.5 Å². The molecule has 3 heteroatoms. The van der Waals surface area contributed by atoms with E-state index in [9.17, 15) is 0 Å². The van der Waals surface area contributed by atoms with Crippen LogP contribution in [0, 0.1) is 0 Å². The second-order valence-electron chi connectivity index (χ2n) is 6.31. The van der Waals surface area contributed by atoms with E-state index in [1.165, 1.54) is 11.1 Å². The summed E-state index contributed by atoms with van der Waals surface area (Å²) in [6.07, 6.45) is 0.939. The molecule has 3 nitrogen and oxygen atoms in total. The molecule has 0 unspecified atom stereocenters. The van der Waals surface area contributed by atoms with Gasteiger partial charge in [-0.25, -0.2) is 4.98 Å². The number of hydrogen-bond donors (Lipinski definition) is 1. The minimum Gasteiger partial charge on any atom is -0.324 e. The molecule has 1 aromatic carbocycles. The fourth-order valence-electron chi connectivity index (χ4n) is 2.24. The molecule has 0 saturated heterocycles. The average molecular weight is 271 g/mol. The molecule has 0 bridgehead atoms. The van der Waals surface area contributed by atoms with Crippen molar-refractivity contribution >= 4 is 11.0 Å². The lowest BCUT2D eigenvalue weighted by Crippen LogP contribution is -2.37. The summed E-state index contributed by atoms with van der Waals surface area (Å²) in [5.41, 5.74) is 3.56. The van der Waals surface area contributed by atoms with E-state index >= 15 is 0 Å². The molecule has 108 valence electrons. The quantitative estimate of drug-likeness (QED) is 0.843. The lowest BCUT2D eigenvalue weighted by molar-refractivity contribution is 0.440. The van der Waals surface area contributed by atoms with Gasteiger partial charge in [0.25, 0.3) is 0 Å². The summed E-state index contributed by atoms with van der Waals surface area (Å²) in [7, 11) is 0. The van der Waals surface area contributed by atoms with Crippen LogP contribution in [-0.2, 0) is 13.0 Å². The van der Waals surface area contributed by atoms with E-state index in [1.54, 1.807) is 0 Å². The van der Waals surface area contributed by atoms with Crippen LogP contribution in [0.3, 0.4) is 0 Å². The number of hydrogen-bond acceptors (Lipinski definition) is 2. The van der Waals surface area contributed by atoms with Crippen LogP contribution in [0.15, 0.2) is 36.4 Å². The second kappa shape index (κ2) is 5.80.